The van der Waals surface area contributed by atoms with Gasteiger partial charge in [0.2, 0.25) is 5.91 Å². The SMILES string of the molecule is CCOC(=O)CCO[C@@H]1C[C@H]2C[C@@H]1N[C@H]2C(=O)N1CCC[C@H]1C#N. The summed E-state index contributed by atoms with van der Waals surface area (Å²) in [5.74, 6) is 0.0878. The normalized spacial score (nSPS) is 34.3. The molecule has 3 aliphatic rings. The fourth-order valence-corrected chi connectivity index (χ4v) is 4.18. The van der Waals surface area contributed by atoms with Gasteiger partial charge < -0.3 is 19.7 Å². The maximum Gasteiger partial charge on any atom is 0.308 e. The Morgan fingerprint density at radius 1 is 1.38 bits per heavy atom. The number of carbonyl (C=O) groups is 2. The van der Waals surface area contributed by atoms with Crippen LogP contribution in [-0.2, 0) is 19.1 Å². The second kappa shape index (κ2) is 7.49. The van der Waals surface area contributed by atoms with Crippen LogP contribution in [0.4, 0.5) is 0 Å². The van der Waals surface area contributed by atoms with Crippen LogP contribution in [0.5, 0.6) is 0 Å². The predicted molar refractivity (Wildman–Crippen MR) is 84.8 cm³/mol. The van der Waals surface area contributed by atoms with Crippen molar-refractivity contribution < 1.29 is 19.1 Å². The van der Waals surface area contributed by atoms with E-state index in [-0.39, 0.29) is 48.4 Å². The first-order valence-corrected chi connectivity index (χ1v) is 8.87. The maximum absolute atomic E-state index is 12.7. The van der Waals surface area contributed by atoms with Crippen LogP contribution in [-0.4, -0.2) is 60.8 Å². The van der Waals surface area contributed by atoms with Crippen LogP contribution in [0, 0.1) is 17.2 Å². The van der Waals surface area contributed by atoms with Gasteiger partial charge in [-0.25, -0.2) is 0 Å². The Bertz CT molecular complexity index is 532. The van der Waals surface area contributed by atoms with Crippen LogP contribution in [0.15, 0.2) is 0 Å². The van der Waals surface area contributed by atoms with Gasteiger partial charge in [0.25, 0.3) is 0 Å². The summed E-state index contributed by atoms with van der Waals surface area (Å²) in [5.41, 5.74) is 0. The number of hydrogen-bond donors (Lipinski definition) is 1. The second-order valence-corrected chi connectivity index (χ2v) is 6.77. The molecule has 1 saturated carbocycles. The number of esters is 1. The van der Waals surface area contributed by atoms with Crippen molar-refractivity contribution in [3.05, 3.63) is 0 Å². The molecule has 0 aromatic heterocycles. The molecule has 2 bridgehead atoms. The van der Waals surface area contributed by atoms with Crippen LogP contribution in [0.2, 0.25) is 0 Å². The Hall–Kier alpha value is -1.65. The van der Waals surface area contributed by atoms with Gasteiger partial charge in [-0.1, -0.05) is 0 Å². The fraction of sp³-hybridized carbons (Fsp3) is 0.824. The number of fused-ring (bicyclic) bond motifs is 2. The van der Waals surface area contributed by atoms with Gasteiger partial charge in [-0.2, -0.15) is 5.26 Å². The molecule has 2 aliphatic heterocycles. The Morgan fingerprint density at radius 2 is 2.21 bits per heavy atom. The van der Waals surface area contributed by atoms with E-state index in [4.69, 9.17) is 14.7 Å². The quantitative estimate of drug-likeness (QED) is 0.714. The zero-order chi connectivity index (χ0) is 17.1. The van der Waals surface area contributed by atoms with Gasteiger partial charge in [-0.05, 0) is 38.5 Å². The van der Waals surface area contributed by atoms with Crippen LogP contribution in [0.1, 0.15) is 39.0 Å². The summed E-state index contributed by atoms with van der Waals surface area (Å²) >= 11 is 0. The minimum atomic E-state index is -0.268. The Labute approximate surface area is 142 Å². The van der Waals surface area contributed by atoms with E-state index in [1.807, 2.05) is 0 Å². The number of ether oxygens (including phenoxy) is 2. The molecule has 2 heterocycles. The van der Waals surface area contributed by atoms with Gasteiger partial charge in [0.15, 0.2) is 0 Å². The van der Waals surface area contributed by atoms with Crippen LogP contribution < -0.4 is 5.32 Å². The number of carbonyl (C=O) groups excluding carboxylic acids is 2. The molecule has 0 unspecified atom stereocenters. The molecule has 0 aromatic carbocycles. The average Bonchev–Trinajstić information content (AvgIpc) is 3.29. The summed E-state index contributed by atoms with van der Waals surface area (Å²) in [5, 5.41) is 12.5. The van der Waals surface area contributed by atoms with E-state index in [1.54, 1.807) is 11.8 Å². The summed E-state index contributed by atoms with van der Waals surface area (Å²) < 4.78 is 10.7. The molecule has 5 atom stereocenters. The van der Waals surface area contributed by atoms with Crippen molar-refractivity contribution >= 4 is 11.9 Å². The molecule has 7 heteroatoms. The molecule has 2 saturated heterocycles. The first kappa shape index (κ1) is 17.2. The highest BCUT2D eigenvalue weighted by molar-refractivity contribution is 5.83. The highest BCUT2D eigenvalue weighted by Gasteiger charge is 2.50. The van der Waals surface area contributed by atoms with Gasteiger partial charge in [-0.3, -0.25) is 9.59 Å². The zero-order valence-corrected chi connectivity index (χ0v) is 14.1. The van der Waals surface area contributed by atoms with E-state index in [1.165, 1.54) is 0 Å². The highest BCUT2D eigenvalue weighted by Crippen LogP contribution is 2.38. The number of hydrogen-bond acceptors (Lipinski definition) is 6. The van der Waals surface area contributed by atoms with Crippen LogP contribution in [0.25, 0.3) is 0 Å². The van der Waals surface area contributed by atoms with Crippen molar-refractivity contribution in [1.29, 1.82) is 5.26 Å². The van der Waals surface area contributed by atoms with E-state index >= 15 is 0 Å². The lowest BCUT2D eigenvalue weighted by atomic mass is 9.97. The standard InChI is InChI=1S/C17H25N3O4/c1-2-23-15(21)5-7-24-14-9-11-8-13(14)19-16(11)17(22)20-6-3-4-12(20)10-18/h11-14,16,19H,2-9H2,1H3/t11-,12+,13+,14-,16-/m1/s1. The molecule has 132 valence electrons. The lowest BCUT2D eigenvalue weighted by Crippen LogP contribution is -2.53. The van der Waals surface area contributed by atoms with E-state index in [2.05, 4.69) is 11.4 Å². The highest BCUT2D eigenvalue weighted by atomic mass is 16.5. The summed E-state index contributed by atoms with van der Waals surface area (Å²) in [6.07, 6.45) is 3.77. The summed E-state index contributed by atoms with van der Waals surface area (Å²) in [6, 6.07) is 1.94. The predicted octanol–water partition coefficient (Wildman–Crippen LogP) is 0.590. The fourth-order valence-electron chi connectivity index (χ4n) is 4.18. The molecule has 1 amide bonds. The van der Waals surface area contributed by atoms with E-state index in [0.717, 1.165) is 25.7 Å². The molecule has 0 spiro atoms. The second-order valence-electron chi connectivity index (χ2n) is 6.77. The monoisotopic (exact) mass is 335 g/mol. The van der Waals surface area contributed by atoms with Crippen molar-refractivity contribution in [2.75, 3.05) is 19.8 Å². The Kier molecular flexibility index (Phi) is 5.36. The van der Waals surface area contributed by atoms with E-state index in [9.17, 15) is 9.59 Å². The third-order valence-corrected chi connectivity index (χ3v) is 5.30. The number of nitrogens with one attached hydrogen (secondary N) is 1. The molecule has 24 heavy (non-hydrogen) atoms. The first-order chi connectivity index (χ1) is 11.6. The van der Waals surface area contributed by atoms with E-state index in [0.29, 0.717) is 19.8 Å². The molecule has 0 aromatic rings. The molecule has 1 aliphatic carbocycles. The van der Waals surface area contributed by atoms with Gasteiger partial charge in [0.05, 0.1) is 37.8 Å². The van der Waals surface area contributed by atoms with Gasteiger partial charge in [0.1, 0.15) is 6.04 Å². The summed E-state index contributed by atoms with van der Waals surface area (Å²) in [6.45, 7) is 3.22. The Morgan fingerprint density at radius 3 is 2.88 bits per heavy atom. The number of nitrogens with zero attached hydrogens (tertiary/aromatic N) is 2. The molecular weight excluding hydrogens is 310 g/mol. The van der Waals surface area contributed by atoms with Crippen molar-refractivity contribution in [2.45, 2.75) is 63.3 Å². The van der Waals surface area contributed by atoms with Crippen molar-refractivity contribution in [2.24, 2.45) is 5.92 Å². The summed E-state index contributed by atoms with van der Waals surface area (Å²) in [4.78, 5) is 25.8. The van der Waals surface area contributed by atoms with Crippen molar-refractivity contribution in [3.63, 3.8) is 0 Å². The number of rotatable bonds is 6. The molecule has 7 nitrogen and oxygen atoms in total. The van der Waals surface area contributed by atoms with Gasteiger partial charge in [0, 0.05) is 12.6 Å². The molecule has 3 fully saturated rings. The van der Waals surface area contributed by atoms with Crippen molar-refractivity contribution in [1.82, 2.24) is 10.2 Å². The molecular formula is C17H25N3O4. The first-order valence-electron chi connectivity index (χ1n) is 8.87. The molecule has 3 rings (SSSR count). The largest absolute Gasteiger partial charge is 0.466 e. The lowest BCUT2D eigenvalue weighted by Gasteiger charge is -2.32. The average molecular weight is 335 g/mol. The summed E-state index contributed by atoms with van der Waals surface area (Å²) in [7, 11) is 0. The van der Waals surface area contributed by atoms with Crippen molar-refractivity contribution in [3.8, 4) is 6.07 Å². The number of amides is 1. The maximum atomic E-state index is 12.7. The topological polar surface area (TPSA) is 91.7 Å². The molecule has 1 N–H and O–H groups in total. The third-order valence-electron chi connectivity index (χ3n) is 5.30. The van der Waals surface area contributed by atoms with Gasteiger partial charge >= 0.3 is 5.97 Å². The number of nitriles is 1. The Balaban J connectivity index is 1.46. The molecule has 0 radical (unpaired) electrons. The minimum Gasteiger partial charge on any atom is -0.466 e. The lowest BCUT2D eigenvalue weighted by molar-refractivity contribution is -0.144. The minimum absolute atomic E-state index is 0.0545. The van der Waals surface area contributed by atoms with Crippen LogP contribution in [0.3, 0.4) is 0 Å². The van der Waals surface area contributed by atoms with Gasteiger partial charge in [-0.15, -0.1) is 0 Å². The smallest absolute Gasteiger partial charge is 0.308 e. The third kappa shape index (κ3) is 3.40. The van der Waals surface area contributed by atoms with Crippen LogP contribution >= 0.6 is 0 Å². The number of likely N-dealkylation sites (tertiary alicyclic amines) is 1. The number of piperidine rings is 1. The van der Waals surface area contributed by atoms with E-state index < -0.39 is 0 Å². The zero-order valence-electron chi connectivity index (χ0n) is 14.1.